The number of halogens is 1. The third-order valence-corrected chi connectivity index (χ3v) is 3.62. The molecule has 2 heterocycles. The van der Waals surface area contributed by atoms with Crippen molar-refractivity contribution in [2.45, 2.75) is 0 Å². The summed E-state index contributed by atoms with van der Waals surface area (Å²) in [5.41, 5.74) is 1.10. The fourth-order valence-corrected chi connectivity index (χ4v) is 2.32. The Balaban J connectivity index is 1.51. The minimum atomic E-state index is -0.389. The number of ether oxygens (including phenoxy) is 2. The first-order chi connectivity index (χ1) is 11.7. The summed E-state index contributed by atoms with van der Waals surface area (Å²) in [7, 11) is 0. The molecule has 1 aliphatic heterocycles. The van der Waals surface area contributed by atoms with Crippen molar-refractivity contribution in [1.82, 2.24) is 10.2 Å². The number of nitrogens with one attached hydrogen (secondary N) is 1. The van der Waals surface area contributed by atoms with Crippen molar-refractivity contribution in [1.29, 1.82) is 0 Å². The Morgan fingerprint density at radius 2 is 1.83 bits per heavy atom. The minimum absolute atomic E-state index is 0.00242. The predicted molar refractivity (Wildman–Crippen MR) is 85.3 cm³/mol. The van der Waals surface area contributed by atoms with Crippen molar-refractivity contribution in [3.8, 4) is 23.0 Å². The maximum atomic E-state index is 12.3. The minimum Gasteiger partial charge on any atom is -0.454 e. The molecule has 1 aromatic heterocycles. The number of carbonyl (C=O) groups is 1. The molecule has 1 amide bonds. The Kier molecular flexibility index (Phi) is 3.55. The normalized spacial score (nSPS) is 12.2. The lowest BCUT2D eigenvalue weighted by Gasteiger charge is -2.02. The first kappa shape index (κ1) is 14.5. The summed E-state index contributed by atoms with van der Waals surface area (Å²) in [6.07, 6.45) is 0. The van der Waals surface area contributed by atoms with E-state index in [4.69, 9.17) is 25.5 Å². The largest absolute Gasteiger partial charge is 0.454 e. The van der Waals surface area contributed by atoms with Gasteiger partial charge < -0.3 is 13.9 Å². The SMILES string of the molecule is O=C(Nc1nnc(-c2ccc(Cl)cc2)o1)c1ccc2c(c1)OCO2. The summed E-state index contributed by atoms with van der Waals surface area (Å²) in [4.78, 5) is 12.3. The Labute approximate surface area is 141 Å². The molecule has 0 atom stereocenters. The number of hydrogen-bond donors (Lipinski definition) is 1. The number of carbonyl (C=O) groups excluding carboxylic acids is 1. The third kappa shape index (κ3) is 2.77. The van der Waals surface area contributed by atoms with Gasteiger partial charge in [-0.05, 0) is 42.5 Å². The van der Waals surface area contributed by atoms with E-state index in [1.807, 2.05) is 0 Å². The molecular formula is C16H10ClN3O4. The van der Waals surface area contributed by atoms with E-state index in [-0.39, 0.29) is 24.6 Å². The summed E-state index contributed by atoms with van der Waals surface area (Å²) >= 11 is 5.84. The third-order valence-electron chi connectivity index (χ3n) is 3.37. The van der Waals surface area contributed by atoms with E-state index in [0.717, 1.165) is 0 Å². The zero-order valence-electron chi connectivity index (χ0n) is 12.2. The van der Waals surface area contributed by atoms with Crippen LogP contribution in [0.25, 0.3) is 11.5 Å². The maximum absolute atomic E-state index is 12.3. The lowest BCUT2D eigenvalue weighted by molar-refractivity contribution is 0.102. The molecule has 24 heavy (non-hydrogen) atoms. The molecule has 3 aromatic rings. The van der Waals surface area contributed by atoms with Crippen LogP contribution in [0.2, 0.25) is 5.02 Å². The van der Waals surface area contributed by atoms with Gasteiger partial charge in [0.2, 0.25) is 12.7 Å². The Morgan fingerprint density at radius 3 is 2.67 bits per heavy atom. The molecule has 4 rings (SSSR count). The topological polar surface area (TPSA) is 86.5 Å². The van der Waals surface area contributed by atoms with Crippen molar-refractivity contribution >= 4 is 23.5 Å². The number of benzene rings is 2. The molecule has 0 aliphatic carbocycles. The molecule has 8 heteroatoms. The van der Waals surface area contributed by atoms with Crippen LogP contribution in [0.5, 0.6) is 11.5 Å². The number of anilines is 1. The number of rotatable bonds is 3. The molecule has 120 valence electrons. The fraction of sp³-hybridized carbons (Fsp3) is 0.0625. The van der Waals surface area contributed by atoms with Crippen LogP contribution in [-0.4, -0.2) is 22.9 Å². The molecule has 2 aromatic carbocycles. The Morgan fingerprint density at radius 1 is 1.04 bits per heavy atom. The van der Waals surface area contributed by atoms with Gasteiger partial charge in [0, 0.05) is 16.1 Å². The van der Waals surface area contributed by atoms with Crippen LogP contribution in [0.3, 0.4) is 0 Å². The zero-order valence-corrected chi connectivity index (χ0v) is 12.9. The highest BCUT2D eigenvalue weighted by molar-refractivity contribution is 6.30. The van der Waals surface area contributed by atoms with Gasteiger partial charge in [-0.25, -0.2) is 0 Å². The average Bonchev–Trinajstić information content (AvgIpc) is 3.24. The lowest BCUT2D eigenvalue weighted by atomic mass is 10.2. The zero-order chi connectivity index (χ0) is 16.5. The molecular weight excluding hydrogens is 334 g/mol. The summed E-state index contributed by atoms with van der Waals surface area (Å²) < 4.78 is 15.9. The number of hydrogen-bond acceptors (Lipinski definition) is 6. The van der Waals surface area contributed by atoms with Gasteiger partial charge in [-0.1, -0.05) is 16.7 Å². The number of fused-ring (bicyclic) bond motifs is 1. The molecule has 0 saturated heterocycles. The van der Waals surface area contributed by atoms with Crippen LogP contribution >= 0.6 is 11.6 Å². The molecule has 0 saturated carbocycles. The first-order valence-electron chi connectivity index (χ1n) is 6.99. The van der Waals surface area contributed by atoms with Gasteiger partial charge in [0.15, 0.2) is 11.5 Å². The van der Waals surface area contributed by atoms with Crippen LogP contribution in [0.15, 0.2) is 46.9 Å². The van der Waals surface area contributed by atoms with Crippen molar-refractivity contribution < 1.29 is 18.7 Å². The smallest absolute Gasteiger partial charge is 0.322 e. The van der Waals surface area contributed by atoms with Crippen LogP contribution < -0.4 is 14.8 Å². The number of aromatic nitrogens is 2. The van der Waals surface area contributed by atoms with E-state index in [1.54, 1.807) is 42.5 Å². The second kappa shape index (κ2) is 5.86. The van der Waals surface area contributed by atoms with E-state index in [0.29, 0.717) is 27.6 Å². The van der Waals surface area contributed by atoms with E-state index in [2.05, 4.69) is 15.5 Å². The van der Waals surface area contributed by atoms with E-state index in [1.165, 1.54) is 0 Å². The van der Waals surface area contributed by atoms with Crippen LogP contribution in [0.4, 0.5) is 6.01 Å². The summed E-state index contributed by atoms with van der Waals surface area (Å²) in [6, 6.07) is 11.8. The summed E-state index contributed by atoms with van der Waals surface area (Å²) in [5.74, 6) is 1.02. The van der Waals surface area contributed by atoms with E-state index < -0.39 is 0 Å². The van der Waals surface area contributed by atoms with Gasteiger partial charge >= 0.3 is 6.01 Å². The standard InChI is InChI=1S/C16H10ClN3O4/c17-11-4-1-9(2-5-11)15-19-20-16(24-15)18-14(21)10-3-6-12-13(7-10)23-8-22-12/h1-7H,8H2,(H,18,20,21). The van der Waals surface area contributed by atoms with Crippen molar-refractivity contribution in [2.24, 2.45) is 0 Å². The quantitative estimate of drug-likeness (QED) is 0.784. The van der Waals surface area contributed by atoms with Gasteiger partial charge in [0.25, 0.3) is 5.91 Å². The molecule has 1 N–H and O–H groups in total. The molecule has 0 unspecified atom stereocenters. The average molecular weight is 344 g/mol. The second-order valence-electron chi connectivity index (χ2n) is 4.94. The summed E-state index contributed by atoms with van der Waals surface area (Å²) in [6.45, 7) is 0.147. The van der Waals surface area contributed by atoms with Gasteiger partial charge in [-0.2, -0.15) is 0 Å². The number of nitrogens with zero attached hydrogens (tertiary/aromatic N) is 2. The van der Waals surface area contributed by atoms with Crippen LogP contribution in [0.1, 0.15) is 10.4 Å². The Bertz CT molecular complexity index is 908. The van der Waals surface area contributed by atoms with E-state index in [9.17, 15) is 4.79 Å². The van der Waals surface area contributed by atoms with Crippen LogP contribution in [-0.2, 0) is 0 Å². The van der Waals surface area contributed by atoms with Gasteiger partial charge in [-0.3, -0.25) is 10.1 Å². The van der Waals surface area contributed by atoms with Crippen molar-refractivity contribution in [3.63, 3.8) is 0 Å². The maximum Gasteiger partial charge on any atom is 0.322 e. The molecule has 0 radical (unpaired) electrons. The van der Waals surface area contributed by atoms with Gasteiger partial charge in [0.05, 0.1) is 0 Å². The first-order valence-corrected chi connectivity index (χ1v) is 7.37. The second-order valence-corrected chi connectivity index (χ2v) is 5.38. The highest BCUT2D eigenvalue weighted by Crippen LogP contribution is 2.32. The van der Waals surface area contributed by atoms with E-state index >= 15 is 0 Å². The molecule has 0 fully saturated rings. The monoisotopic (exact) mass is 343 g/mol. The summed E-state index contributed by atoms with van der Waals surface area (Å²) in [5, 5.41) is 10.9. The van der Waals surface area contributed by atoms with Crippen molar-refractivity contribution in [2.75, 3.05) is 12.1 Å². The van der Waals surface area contributed by atoms with Crippen LogP contribution in [0, 0.1) is 0 Å². The highest BCUT2D eigenvalue weighted by atomic mass is 35.5. The molecule has 1 aliphatic rings. The van der Waals surface area contributed by atoms with Crippen molar-refractivity contribution in [3.05, 3.63) is 53.1 Å². The molecule has 0 bridgehead atoms. The number of amides is 1. The molecule has 7 nitrogen and oxygen atoms in total. The van der Waals surface area contributed by atoms with Gasteiger partial charge in [0.1, 0.15) is 0 Å². The fourth-order valence-electron chi connectivity index (χ4n) is 2.19. The molecule has 0 spiro atoms. The Hall–Kier alpha value is -3.06. The lowest BCUT2D eigenvalue weighted by Crippen LogP contribution is -2.12. The predicted octanol–water partition coefficient (Wildman–Crippen LogP) is 3.37. The van der Waals surface area contributed by atoms with Gasteiger partial charge in [-0.15, -0.1) is 5.10 Å². The highest BCUT2D eigenvalue weighted by Gasteiger charge is 2.18.